The normalized spacial score (nSPS) is 15.5. The molecule has 2 aromatic heterocycles. The topological polar surface area (TPSA) is 51.6 Å². The molecule has 2 heterocycles. The number of nitrogens with zero attached hydrogens (tertiary/aromatic N) is 4. The number of fused-ring (bicyclic) bond motifs is 3. The molecule has 75 heavy (non-hydrogen) atoms. The van der Waals surface area contributed by atoms with Crippen molar-refractivity contribution in [2.24, 2.45) is 0 Å². The van der Waals surface area contributed by atoms with Crippen LogP contribution in [0.25, 0.3) is 67.6 Å². The Morgan fingerprint density at radius 1 is 0.427 bits per heavy atom. The number of hydrogen-bond donors (Lipinski definition) is 0. The summed E-state index contributed by atoms with van der Waals surface area (Å²) in [4.78, 5) is 21.1. The molecule has 13 rings (SSSR count). The first-order valence-corrected chi connectivity index (χ1v) is 26.2. The Morgan fingerprint density at radius 3 is 1.63 bits per heavy atom. The highest BCUT2D eigenvalue weighted by Gasteiger charge is 2.47. The molecule has 3 aliphatic carbocycles. The fourth-order valence-corrected chi connectivity index (χ4v) is 12.1. The van der Waals surface area contributed by atoms with Crippen molar-refractivity contribution in [1.82, 2.24) is 19.9 Å². The monoisotopic (exact) mass is 962 g/mol. The largest absolute Gasteiger partial charge is 0.258 e. The average Bonchev–Trinajstić information content (AvgIpc) is 3.80. The highest BCUT2D eigenvalue weighted by Crippen LogP contribution is 2.58. The number of pyridine rings is 1. The van der Waals surface area contributed by atoms with E-state index in [-0.39, 0.29) is 5.92 Å². The lowest BCUT2D eigenvalue weighted by Gasteiger charge is -2.33. The Labute approximate surface area is 440 Å². The highest BCUT2D eigenvalue weighted by molar-refractivity contribution is 5.95. The summed E-state index contributed by atoms with van der Waals surface area (Å²) >= 11 is 0. The Hall–Kier alpha value is -9.12. The summed E-state index contributed by atoms with van der Waals surface area (Å²) in [5.41, 5.74) is 22.6. The van der Waals surface area contributed by atoms with Crippen molar-refractivity contribution in [3.63, 3.8) is 0 Å². The van der Waals surface area contributed by atoms with Crippen molar-refractivity contribution in [3.8, 4) is 56.4 Å². The summed E-state index contributed by atoms with van der Waals surface area (Å²) in [5, 5.41) is 0. The van der Waals surface area contributed by atoms with Crippen LogP contribution in [0.1, 0.15) is 75.5 Å². The van der Waals surface area contributed by atoms with Crippen LogP contribution in [-0.2, 0) is 5.41 Å². The summed E-state index contributed by atoms with van der Waals surface area (Å²) in [6.07, 6.45) is 12.5. The van der Waals surface area contributed by atoms with Crippen LogP contribution in [0.15, 0.2) is 260 Å². The molecule has 10 aromatic rings. The molecule has 0 bridgehead atoms. The second-order valence-electron chi connectivity index (χ2n) is 20.0. The Kier molecular flexibility index (Phi) is 11.8. The molecule has 8 aromatic carbocycles. The van der Waals surface area contributed by atoms with E-state index in [1.807, 2.05) is 6.92 Å². The molecular weight excluding hydrogens is 909 g/mol. The fourth-order valence-electron chi connectivity index (χ4n) is 12.1. The summed E-state index contributed by atoms with van der Waals surface area (Å²) in [7, 11) is 0. The van der Waals surface area contributed by atoms with E-state index in [9.17, 15) is 0 Å². The molecule has 0 saturated heterocycles. The summed E-state index contributed by atoms with van der Waals surface area (Å²) < 4.78 is 0. The quantitative estimate of drug-likeness (QED) is 0.137. The maximum Gasteiger partial charge on any atom is 0.164 e. The first-order valence-electron chi connectivity index (χ1n) is 26.2. The summed E-state index contributed by atoms with van der Waals surface area (Å²) in [6.45, 7) is 4.11. The average molecular weight is 963 g/mol. The molecule has 0 saturated carbocycles. The van der Waals surface area contributed by atoms with Gasteiger partial charge in [0.25, 0.3) is 0 Å². The van der Waals surface area contributed by atoms with E-state index in [4.69, 9.17) is 19.9 Å². The van der Waals surface area contributed by atoms with Gasteiger partial charge in [-0.2, -0.15) is 0 Å². The zero-order chi connectivity index (χ0) is 50.3. The summed E-state index contributed by atoms with van der Waals surface area (Å²) in [6, 6.07) is 81.2. The molecule has 0 spiro atoms. The number of aromatic nitrogens is 4. The van der Waals surface area contributed by atoms with E-state index in [1.54, 1.807) is 0 Å². The Bertz CT molecular complexity index is 3850. The first kappa shape index (κ1) is 45.7. The van der Waals surface area contributed by atoms with Gasteiger partial charge in [0.15, 0.2) is 17.5 Å². The molecule has 4 heteroatoms. The third-order valence-electron chi connectivity index (χ3n) is 15.5. The van der Waals surface area contributed by atoms with Crippen LogP contribution >= 0.6 is 0 Å². The number of aryl methyl sites for hydroxylation is 2. The summed E-state index contributed by atoms with van der Waals surface area (Å²) in [5.74, 6) is 2.00. The standard InChI is InChI=1S/C71H54N4/c1-47-35-44-59(48(2)72-47)52-36-40-54(41-37-52)68-73-69(75-70(74-68)61-32-20-34-65-67(61)60-31-18-19-33-64(60)71(65,57-27-14-6-15-28-57)58-29-16-7-17-30-58)55-42-38-53(39-43-55)66-62(50-23-10-4-11-24-50)45-56(49-21-8-3-9-22-49)46-63(66)51-25-12-5-13-26-51/h3-4,6-12,14-44,46,62H,5,13,45H2,1-2H3. The molecule has 0 aliphatic heterocycles. The van der Waals surface area contributed by atoms with Crippen LogP contribution < -0.4 is 0 Å². The van der Waals surface area contributed by atoms with E-state index in [0.29, 0.717) is 17.5 Å². The predicted octanol–water partition coefficient (Wildman–Crippen LogP) is 17.2. The second kappa shape index (κ2) is 19.4. The predicted molar refractivity (Wildman–Crippen MR) is 308 cm³/mol. The maximum absolute atomic E-state index is 5.49. The van der Waals surface area contributed by atoms with E-state index in [2.05, 4.69) is 256 Å². The second-order valence-corrected chi connectivity index (χ2v) is 20.0. The van der Waals surface area contributed by atoms with Gasteiger partial charge in [0.2, 0.25) is 0 Å². The molecule has 3 aliphatic rings. The lowest BCUT2D eigenvalue weighted by Crippen LogP contribution is -2.28. The smallest absolute Gasteiger partial charge is 0.164 e. The molecule has 1 atom stereocenters. The zero-order valence-electron chi connectivity index (χ0n) is 42.2. The minimum Gasteiger partial charge on any atom is -0.258 e. The lowest BCUT2D eigenvalue weighted by molar-refractivity contribution is 0.768. The van der Waals surface area contributed by atoms with Crippen molar-refractivity contribution in [2.75, 3.05) is 0 Å². The number of benzene rings is 8. The first-order chi connectivity index (χ1) is 37.0. The number of allylic oxidation sites excluding steroid dienone is 8. The van der Waals surface area contributed by atoms with Gasteiger partial charge in [-0.25, -0.2) is 15.0 Å². The van der Waals surface area contributed by atoms with Gasteiger partial charge >= 0.3 is 0 Å². The van der Waals surface area contributed by atoms with Gasteiger partial charge in [-0.1, -0.05) is 243 Å². The van der Waals surface area contributed by atoms with Crippen molar-refractivity contribution < 1.29 is 0 Å². The fraction of sp³-hybridized carbons (Fsp3) is 0.0986. The molecule has 4 nitrogen and oxygen atoms in total. The van der Waals surface area contributed by atoms with Crippen molar-refractivity contribution in [2.45, 2.75) is 44.4 Å². The van der Waals surface area contributed by atoms with Crippen LogP contribution in [-0.4, -0.2) is 19.9 Å². The van der Waals surface area contributed by atoms with Crippen LogP contribution in [0.2, 0.25) is 0 Å². The zero-order valence-corrected chi connectivity index (χ0v) is 42.2. The van der Waals surface area contributed by atoms with E-state index < -0.39 is 5.41 Å². The van der Waals surface area contributed by atoms with Crippen molar-refractivity contribution >= 4 is 11.1 Å². The van der Waals surface area contributed by atoms with Crippen LogP contribution in [0.5, 0.6) is 0 Å². The molecule has 0 radical (unpaired) electrons. The van der Waals surface area contributed by atoms with Gasteiger partial charge < -0.3 is 0 Å². The van der Waals surface area contributed by atoms with Gasteiger partial charge in [-0.05, 0) is 117 Å². The van der Waals surface area contributed by atoms with E-state index in [1.165, 1.54) is 66.8 Å². The molecular formula is C71H54N4. The van der Waals surface area contributed by atoms with Gasteiger partial charge in [-0.3, -0.25) is 4.98 Å². The number of rotatable bonds is 10. The maximum atomic E-state index is 5.49. The van der Waals surface area contributed by atoms with Gasteiger partial charge in [0.05, 0.1) is 5.41 Å². The third kappa shape index (κ3) is 8.20. The molecule has 0 fully saturated rings. The van der Waals surface area contributed by atoms with Crippen molar-refractivity contribution in [3.05, 3.63) is 310 Å². The minimum absolute atomic E-state index is 0.142. The van der Waals surface area contributed by atoms with Gasteiger partial charge in [0, 0.05) is 39.6 Å². The van der Waals surface area contributed by atoms with Crippen molar-refractivity contribution in [1.29, 1.82) is 0 Å². The molecule has 358 valence electrons. The Balaban J connectivity index is 0.995. The van der Waals surface area contributed by atoms with Crippen LogP contribution in [0.3, 0.4) is 0 Å². The van der Waals surface area contributed by atoms with Crippen LogP contribution in [0.4, 0.5) is 0 Å². The van der Waals surface area contributed by atoms with E-state index in [0.717, 1.165) is 64.0 Å². The van der Waals surface area contributed by atoms with E-state index >= 15 is 0 Å². The highest BCUT2D eigenvalue weighted by atomic mass is 15.0. The van der Waals surface area contributed by atoms with Gasteiger partial charge in [-0.15, -0.1) is 0 Å². The minimum atomic E-state index is -0.567. The number of hydrogen-bond acceptors (Lipinski definition) is 4. The molecule has 0 amide bonds. The Morgan fingerprint density at radius 2 is 0.987 bits per heavy atom. The molecule has 0 N–H and O–H groups in total. The van der Waals surface area contributed by atoms with Crippen LogP contribution in [0, 0.1) is 13.8 Å². The SMILES string of the molecule is Cc1ccc(-c2ccc(-c3nc(-c4ccc(C5=C(C6=CCCC=C6)C=C(c6ccccc6)CC5c5ccccc5)cc4)nc(-c4cccc5c4-c4ccccc4C5(c4ccccc4)c4ccccc4)n3)cc2)c(C)n1. The van der Waals surface area contributed by atoms with Gasteiger partial charge in [0.1, 0.15) is 0 Å². The third-order valence-corrected chi connectivity index (χ3v) is 15.5. The molecule has 1 unspecified atom stereocenters. The lowest BCUT2D eigenvalue weighted by atomic mass is 9.67.